The Kier molecular flexibility index (Phi) is 6.83. The zero-order valence-electron chi connectivity index (χ0n) is 18.5. The molecule has 4 heterocycles. The van der Waals surface area contributed by atoms with Crippen molar-refractivity contribution >= 4 is 28.6 Å². The van der Waals surface area contributed by atoms with Crippen LogP contribution in [0.2, 0.25) is 0 Å². The molecule has 3 aromatic rings. The monoisotopic (exact) mass is 495 g/mol. The summed E-state index contributed by atoms with van der Waals surface area (Å²) in [6.45, 7) is 5.50. The number of carbonyl (C=O) groups is 1. The van der Waals surface area contributed by atoms with Gasteiger partial charge in [0.05, 0.1) is 26.3 Å². The Morgan fingerprint density at radius 2 is 2.00 bits per heavy atom. The minimum Gasteiger partial charge on any atom is -0.340 e. The van der Waals surface area contributed by atoms with E-state index < -0.39 is 12.2 Å². The fraction of sp³-hybridized carbons (Fsp3) is 0.455. The first-order valence-corrected chi connectivity index (χ1v) is 12.2. The van der Waals surface area contributed by atoms with Gasteiger partial charge in [0.1, 0.15) is 6.04 Å². The Morgan fingerprint density at radius 3 is 2.61 bits per heavy atom. The molecule has 1 amide bonds. The third-order valence-corrected chi connectivity index (χ3v) is 7.55. The molecule has 3 aromatic heterocycles. The molecular weight excluding hydrogens is 471 g/mol. The average Bonchev–Trinajstić information content (AvgIpc) is 3.34. The van der Waals surface area contributed by atoms with E-state index in [4.69, 9.17) is 4.98 Å². The Morgan fingerprint density at radius 1 is 1.21 bits per heavy atom. The molecule has 33 heavy (non-hydrogen) atoms. The van der Waals surface area contributed by atoms with Crippen molar-refractivity contribution in [2.24, 2.45) is 0 Å². The van der Waals surface area contributed by atoms with Crippen molar-refractivity contribution in [2.75, 3.05) is 19.6 Å². The average molecular weight is 496 g/mol. The predicted molar refractivity (Wildman–Crippen MR) is 122 cm³/mol. The molecule has 176 valence electrons. The quantitative estimate of drug-likeness (QED) is 0.523. The molecule has 0 spiro atoms. The van der Waals surface area contributed by atoms with Gasteiger partial charge in [-0.05, 0) is 25.5 Å². The van der Waals surface area contributed by atoms with E-state index in [1.165, 1.54) is 16.7 Å². The lowest BCUT2D eigenvalue weighted by Crippen LogP contribution is -2.59. The highest BCUT2D eigenvalue weighted by Gasteiger charge is 2.46. The van der Waals surface area contributed by atoms with Crippen LogP contribution in [0.15, 0.2) is 23.7 Å². The summed E-state index contributed by atoms with van der Waals surface area (Å²) in [5.41, 5.74) is 3.40. The first-order valence-electron chi connectivity index (χ1n) is 10.5. The van der Waals surface area contributed by atoms with Crippen molar-refractivity contribution in [1.82, 2.24) is 24.8 Å². The maximum atomic E-state index is 13.6. The number of amides is 1. The molecule has 0 aliphatic carbocycles. The maximum absolute atomic E-state index is 13.6. The van der Waals surface area contributed by atoms with Crippen LogP contribution in [-0.4, -0.2) is 62.5 Å². The van der Waals surface area contributed by atoms with Gasteiger partial charge in [0.25, 0.3) is 0 Å². The third-order valence-electron chi connectivity index (χ3n) is 5.61. The number of aromatic nitrogens is 3. The van der Waals surface area contributed by atoms with Gasteiger partial charge in [0.2, 0.25) is 5.91 Å². The molecule has 1 fully saturated rings. The van der Waals surface area contributed by atoms with Gasteiger partial charge in [0.15, 0.2) is 0 Å². The lowest BCUT2D eigenvalue weighted by molar-refractivity contribution is -0.199. The number of hydrogen-bond acceptors (Lipinski definition) is 7. The fourth-order valence-electron chi connectivity index (χ4n) is 3.91. The summed E-state index contributed by atoms with van der Waals surface area (Å²) in [5.74, 6) is -0.332. The number of hydrogen-bond donors (Lipinski definition) is 0. The lowest BCUT2D eigenvalue weighted by atomic mass is 10.1. The molecule has 0 saturated carbocycles. The standard InChI is InChI=1S/C22H24F3N5OS2/c1-13-21(33-14(2)27-13)18-12-32-20(28-18)8-17-5-4-16(9-26-17)10-30-7-6-29(15(3)31)11-19(30)22(23,24)25/h4-5,9,12,19H,6-8,10-11H2,1-3H3. The lowest BCUT2D eigenvalue weighted by Gasteiger charge is -2.41. The summed E-state index contributed by atoms with van der Waals surface area (Å²) in [6, 6.07) is 1.98. The number of alkyl halides is 3. The molecule has 6 nitrogen and oxygen atoms in total. The van der Waals surface area contributed by atoms with E-state index in [1.54, 1.807) is 28.9 Å². The normalized spacial score (nSPS) is 17.5. The summed E-state index contributed by atoms with van der Waals surface area (Å²) >= 11 is 3.18. The minimum absolute atomic E-state index is 0.134. The molecule has 0 N–H and O–H groups in total. The SMILES string of the molecule is CC(=O)N1CCN(Cc2ccc(Cc3nc(-c4sc(C)nc4C)cs3)nc2)C(C(F)(F)F)C1. The fourth-order valence-corrected chi connectivity index (χ4v) is 5.67. The van der Waals surface area contributed by atoms with E-state index in [0.29, 0.717) is 18.5 Å². The van der Waals surface area contributed by atoms with Crippen molar-refractivity contribution in [3.8, 4) is 10.6 Å². The van der Waals surface area contributed by atoms with E-state index in [9.17, 15) is 18.0 Å². The highest BCUT2D eigenvalue weighted by Crippen LogP contribution is 2.31. The number of nitrogens with zero attached hydrogens (tertiary/aromatic N) is 5. The third kappa shape index (κ3) is 5.59. The molecule has 1 saturated heterocycles. The molecule has 4 rings (SSSR count). The van der Waals surface area contributed by atoms with Crippen LogP contribution in [0.4, 0.5) is 13.2 Å². The Bertz CT molecular complexity index is 1130. The van der Waals surface area contributed by atoms with E-state index >= 15 is 0 Å². The van der Waals surface area contributed by atoms with Crippen LogP contribution in [0.1, 0.15) is 33.9 Å². The van der Waals surface area contributed by atoms with Crippen LogP contribution < -0.4 is 0 Å². The number of thiazole rings is 2. The number of carbonyl (C=O) groups excluding carboxylic acids is 1. The van der Waals surface area contributed by atoms with Gasteiger partial charge in [-0.15, -0.1) is 22.7 Å². The Labute approximate surface area is 198 Å². The summed E-state index contributed by atoms with van der Waals surface area (Å²) in [4.78, 5) is 28.9. The van der Waals surface area contributed by atoms with Crippen molar-refractivity contribution in [1.29, 1.82) is 0 Å². The number of piperazine rings is 1. The van der Waals surface area contributed by atoms with Crippen molar-refractivity contribution < 1.29 is 18.0 Å². The van der Waals surface area contributed by atoms with Crippen LogP contribution in [0, 0.1) is 13.8 Å². The Hall–Kier alpha value is -2.37. The van der Waals surface area contributed by atoms with E-state index in [-0.39, 0.29) is 25.5 Å². The predicted octanol–water partition coefficient (Wildman–Crippen LogP) is 4.46. The van der Waals surface area contributed by atoms with Crippen molar-refractivity contribution in [3.63, 3.8) is 0 Å². The molecule has 0 bridgehead atoms. The van der Waals surface area contributed by atoms with Crippen molar-refractivity contribution in [2.45, 2.75) is 46.0 Å². The second kappa shape index (κ2) is 9.47. The second-order valence-corrected chi connectivity index (χ2v) is 10.2. The maximum Gasteiger partial charge on any atom is 0.405 e. The van der Waals surface area contributed by atoms with E-state index in [0.717, 1.165) is 32.0 Å². The molecule has 11 heteroatoms. The first kappa shape index (κ1) is 23.8. The smallest absolute Gasteiger partial charge is 0.340 e. The number of rotatable bonds is 5. The number of halogens is 3. The summed E-state index contributed by atoms with van der Waals surface area (Å²) in [7, 11) is 0. The largest absolute Gasteiger partial charge is 0.405 e. The second-order valence-electron chi connectivity index (χ2n) is 8.10. The molecule has 0 radical (unpaired) electrons. The Balaban J connectivity index is 1.41. The van der Waals surface area contributed by atoms with Crippen LogP contribution in [-0.2, 0) is 17.8 Å². The molecule has 1 aliphatic heterocycles. The molecule has 1 unspecified atom stereocenters. The first-order chi connectivity index (χ1) is 15.6. The summed E-state index contributed by atoms with van der Waals surface area (Å²) in [5, 5.41) is 3.94. The number of pyridine rings is 1. The van der Waals surface area contributed by atoms with Gasteiger partial charge in [-0.2, -0.15) is 13.2 Å². The molecule has 0 aromatic carbocycles. The highest BCUT2D eigenvalue weighted by molar-refractivity contribution is 7.15. The van der Waals surface area contributed by atoms with Gasteiger partial charge < -0.3 is 4.90 Å². The van der Waals surface area contributed by atoms with Crippen LogP contribution in [0.25, 0.3) is 10.6 Å². The summed E-state index contributed by atoms with van der Waals surface area (Å²) in [6.07, 6.45) is -2.21. The van der Waals surface area contributed by atoms with Crippen LogP contribution in [0.3, 0.4) is 0 Å². The van der Waals surface area contributed by atoms with Gasteiger partial charge >= 0.3 is 6.18 Å². The molecular formula is C22H24F3N5OS2. The zero-order chi connectivity index (χ0) is 23.8. The minimum atomic E-state index is -4.40. The van der Waals surface area contributed by atoms with Crippen molar-refractivity contribution in [3.05, 3.63) is 50.7 Å². The van der Waals surface area contributed by atoms with Crippen LogP contribution in [0.5, 0.6) is 0 Å². The molecule has 1 atom stereocenters. The summed E-state index contributed by atoms with van der Waals surface area (Å²) < 4.78 is 40.8. The topological polar surface area (TPSA) is 62.2 Å². The van der Waals surface area contributed by atoms with Gasteiger partial charge in [0, 0.05) is 56.8 Å². The molecule has 1 aliphatic rings. The van der Waals surface area contributed by atoms with Gasteiger partial charge in [-0.3, -0.25) is 14.7 Å². The highest BCUT2D eigenvalue weighted by atomic mass is 32.1. The van der Waals surface area contributed by atoms with E-state index in [1.807, 2.05) is 31.4 Å². The van der Waals surface area contributed by atoms with E-state index in [2.05, 4.69) is 9.97 Å². The van der Waals surface area contributed by atoms with Gasteiger partial charge in [-0.25, -0.2) is 9.97 Å². The van der Waals surface area contributed by atoms with Crippen LogP contribution >= 0.6 is 22.7 Å². The van der Waals surface area contributed by atoms with Gasteiger partial charge in [-0.1, -0.05) is 6.07 Å². The number of aryl methyl sites for hydroxylation is 2. The zero-order valence-corrected chi connectivity index (χ0v) is 20.1.